The van der Waals surface area contributed by atoms with E-state index in [4.69, 9.17) is 5.11 Å². The van der Waals surface area contributed by atoms with Crippen LogP contribution in [0.3, 0.4) is 0 Å². The first-order valence-corrected chi connectivity index (χ1v) is 6.39. The number of Topliss-reactive ketones (excluding diaryl/α,β-unsaturated/α-hetero) is 1. The van der Waals surface area contributed by atoms with Gasteiger partial charge in [-0.25, -0.2) is 4.79 Å². The first kappa shape index (κ1) is 13.5. The molecule has 0 aromatic heterocycles. The number of carboxylic acids is 1. The lowest BCUT2D eigenvalue weighted by molar-refractivity contribution is -0.150. The van der Waals surface area contributed by atoms with Gasteiger partial charge in [-0.15, -0.1) is 0 Å². The maximum Gasteiger partial charge on any atom is 0.394 e. The van der Waals surface area contributed by atoms with E-state index in [-0.39, 0.29) is 11.2 Å². The minimum atomic E-state index is -1.54. The standard InChI is InChI=1S/C14H17NO4/c1-3-14(2)7-6-9(15-12(17)13(18)19)11-8(14)4-5-10(11)16/h6-7,9H,3-5H2,1-2H3,(H,15,17)(H,18,19). The molecule has 0 spiro atoms. The van der Waals surface area contributed by atoms with Crippen LogP contribution in [0.2, 0.25) is 0 Å². The molecule has 0 aliphatic heterocycles. The van der Waals surface area contributed by atoms with Crippen molar-refractivity contribution in [1.29, 1.82) is 0 Å². The Balaban J connectivity index is 2.34. The van der Waals surface area contributed by atoms with Crippen LogP contribution in [0.4, 0.5) is 0 Å². The molecule has 0 heterocycles. The molecule has 0 saturated carbocycles. The number of aliphatic carboxylic acids is 1. The highest BCUT2D eigenvalue weighted by molar-refractivity contribution is 6.31. The number of nitrogens with one attached hydrogen (secondary N) is 1. The second-order valence-corrected chi connectivity index (χ2v) is 5.20. The Kier molecular flexibility index (Phi) is 3.30. The van der Waals surface area contributed by atoms with Crippen LogP contribution in [-0.2, 0) is 14.4 Å². The molecule has 0 fully saturated rings. The van der Waals surface area contributed by atoms with E-state index in [1.54, 1.807) is 6.08 Å². The van der Waals surface area contributed by atoms with E-state index in [9.17, 15) is 14.4 Å². The highest BCUT2D eigenvalue weighted by atomic mass is 16.4. The van der Waals surface area contributed by atoms with Crippen molar-refractivity contribution >= 4 is 17.7 Å². The molecule has 2 aliphatic carbocycles. The van der Waals surface area contributed by atoms with Crippen LogP contribution in [0.25, 0.3) is 0 Å². The van der Waals surface area contributed by atoms with Crippen LogP contribution >= 0.6 is 0 Å². The molecule has 2 unspecified atom stereocenters. The lowest BCUT2D eigenvalue weighted by Crippen LogP contribution is -2.42. The summed E-state index contributed by atoms with van der Waals surface area (Å²) in [7, 11) is 0. The Morgan fingerprint density at radius 3 is 2.74 bits per heavy atom. The van der Waals surface area contributed by atoms with E-state index in [1.165, 1.54) is 0 Å². The molecule has 0 saturated heterocycles. The summed E-state index contributed by atoms with van der Waals surface area (Å²) in [5.74, 6) is -2.61. The molecule has 19 heavy (non-hydrogen) atoms. The van der Waals surface area contributed by atoms with E-state index in [1.807, 2.05) is 13.0 Å². The Morgan fingerprint density at radius 1 is 1.47 bits per heavy atom. The zero-order valence-corrected chi connectivity index (χ0v) is 11.0. The number of rotatable bonds is 2. The van der Waals surface area contributed by atoms with Crippen molar-refractivity contribution in [3.05, 3.63) is 23.3 Å². The highest BCUT2D eigenvalue weighted by Crippen LogP contribution is 2.45. The van der Waals surface area contributed by atoms with Crippen LogP contribution in [0.15, 0.2) is 23.3 Å². The van der Waals surface area contributed by atoms with Crippen molar-refractivity contribution in [2.75, 3.05) is 0 Å². The van der Waals surface area contributed by atoms with E-state index in [0.29, 0.717) is 18.4 Å². The van der Waals surface area contributed by atoms with Crippen LogP contribution in [-0.4, -0.2) is 28.8 Å². The summed E-state index contributed by atoms with van der Waals surface area (Å²) < 4.78 is 0. The van der Waals surface area contributed by atoms with Gasteiger partial charge in [-0.05, 0) is 12.8 Å². The summed E-state index contributed by atoms with van der Waals surface area (Å²) in [6.07, 6.45) is 5.71. The van der Waals surface area contributed by atoms with Crippen molar-refractivity contribution in [2.45, 2.75) is 39.2 Å². The van der Waals surface area contributed by atoms with Crippen LogP contribution in [0, 0.1) is 5.41 Å². The van der Waals surface area contributed by atoms with Crippen molar-refractivity contribution in [2.24, 2.45) is 5.41 Å². The summed E-state index contributed by atoms with van der Waals surface area (Å²) in [5, 5.41) is 11.0. The summed E-state index contributed by atoms with van der Waals surface area (Å²) in [5.41, 5.74) is 1.46. The van der Waals surface area contributed by atoms with Crippen molar-refractivity contribution < 1.29 is 19.5 Å². The Morgan fingerprint density at radius 2 is 2.16 bits per heavy atom. The minimum Gasteiger partial charge on any atom is -0.474 e. The maximum atomic E-state index is 12.0. The molecule has 0 radical (unpaired) electrons. The molecule has 0 bridgehead atoms. The van der Waals surface area contributed by atoms with Gasteiger partial charge in [0.15, 0.2) is 5.78 Å². The molecule has 5 nitrogen and oxygen atoms in total. The Hall–Kier alpha value is -1.91. The third kappa shape index (κ3) is 2.20. The van der Waals surface area contributed by atoms with Gasteiger partial charge < -0.3 is 10.4 Å². The third-order valence-corrected chi connectivity index (χ3v) is 4.10. The normalized spacial score (nSPS) is 29.4. The minimum absolute atomic E-state index is 0.00899. The number of carbonyl (C=O) groups is 3. The lowest BCUT2D eigenvalue weighted by Gasteiger charge is -2.33. The van der Waals surface area contributed by atoms with E-state index in [0.717, 1.165) is 12.0 Å². The number of hydrogen-bond donors (Lipinski definition) is 2. The van der Waals surface area contributed by atoms with Gasteiger partial charge in [0, 0.05) is 17.4 Å². The molecule has 102 valence electrons. The molecule has 0 aromatic rings. The second-order valence-electron chi connectivity index (χ2n) is 5.20. The van der Waals surface area contributed by atoms with Crippen molar-refractivity contribution in [1.82, 2.24) is 5.32 Å². The molecule has 1 amide bonds. The van der Waals surface area contributed by atoms with E-state index < -0.39 is 17.9 Å². The zero-order valence-electron chi connectivity index (χ0n) is 11.0. The van der Waals surface area contributed by atoms with Crippen LogP contribution in [0.1, 0.15) is 33.1 Å². The molecule has 2 aliphatic rings. The third-order valence-electron chi connectivity index (χ3n) is 4.10. The molecular weight excluding hydrogens is 246 g/mol. The molecule has 2 N–H and O–H groups in total. The van der Waals surface area contributed by atoms with Gasteiger partial charge >= 0.3 is 11.9 Å². The van der Waals surface area contributed by atoms with Crippen LogP contribution in [0.5, 0.6) is 0 Å². The summed E-state index contributed by atoms with van der Waals surface area (Å²) in [4.78, 5) is 33.8. The van der Waals surface area contributed by atoms with Crippen molar-refractivity contribution in [3.8, 4) is 0 Å². The van der Waals surface area contributed by atoms with Gasteiger partial charge in [-0.1, -0.05) is 31.6 Å². The second kappa shape index (κ2) is 4.64. The summed E-state index contributed by atoms with van der Waals surface area (Å²) in [6.45, 7) is 4.11. The quantitative estimate of drug-likeness (QED) is 0.579. The number of carboxylic acid groups (broad SMARTS) is 1. The zero-order chi connectivity index (χ0) is 14.2. The fraction of sp³-hybridized carbons (Fsp3) is 0.500. The summed E-state index contributed by atoms with van der Waals surface area (Å²) >= 11 is 0. The molecule has 0 aromatic carbocycles. The first-order valence-electron chi connectivity index (χ1n) is 6.39. The molecular formula is C14H17NO4. The highest BCUT2D eigenvalue weighted by Gasteiger charge is 2.40. The number of allylic oxidation sites excluding steroid dienone is 2. The van der Waals surface area contributed by atoms with Gasteiger partial charge in [0.05, 0.1) is 6.04 Å². The van der Waals surface area contributed by atoms with Gasteiger partial charge in [0.25, 0.3) is 0 Å². The average Bonchev–Trinajstić information content (AvgIpc) is 2.76. The number of hydrogen-bond acceptors (Lipinski definition) is 3. The fourth-order valence-electron chi connectivity index (χ4n) is 2.79. The monoisotopic (exact) mass is 263 g/mol. The van der Waals surface area contributed by atoms with Gasteiger partial charge in [-0.2, -0.15) is 0 Å². The van der Waals surface area contributed by atoms with E-state index in [2.05, 4.69) is 12.2 Å². The first-order chi connectivity index (χ1) is 8.89. The number of carbonyl (C=O) groups excluding carboxylic acids is 2. The lowest BCUT2D eigenvalue weighted by atomic mass is 9.73. The van der Waals surface area contributed by atoms with Crippen LogP contribution < -0.4 is 5.32 Å². The van der Waals surface area contributed by atoms with Gasteiger partial charge in [0.2, 0.25) is 0 Å². The molecule has 5 heteroatoms. The van der Waals surface area contributed by atoms with Gasteiger partial charge in [-0.3, -0.25) is 9.59 Å². The Labute approximate surface area is 111 Å². The summed E-state index contributed by atoms with van der Waals surface area (Å²) in [6, 6.07) is -0.603. The molecule has 2 atom stereocenters. The van der Waals surface area contributed by atoms with E-state index >= 15 is 0 Å². The van der Waals surface area contributed by atoms with Gasteiger partial charge in [0.1, 0.15) is 0 Å². The smallest absolute Gasteiger partial charge is 0.394 e. The Bertz CT molecular complexity index is 518. The average molecular weight is 263 g/mol. The predicted molar refractivity (Wildman–Crippen MR) is 68.4 cm³/mol. The SMILES string of the molecule is CCC1(C)C=CC(NC(=O)C(=O)O)C2=C1CCC2=O. The van der Waals surface area contributed by atoms with Crippen molar-refractivity contribution in [3.63, 3.8) is 0 Å². The predicted octanol–water partition coefficient (Wildman–Crippen LogP) is 1.20. The molecule has 2 rings (SSSR count). The number of amides is 1. The topological polar surface area (TPSA) is 83.5 Å². The fourth-order valence-corrected chi connectivity index (χ4v) is 2.79. The maximum absolute atomic E-state index is 12.0. The number of ketones is 1. The largest absolute Gasteiger partial charge is 0.474 e.